The fourth-order valence-corrected chi connectivity index (χ4v) is 3.93. The number of unbranched alkanes of at least 4 members (excludes halogenated alkanes) is 1. The summed E-state index contributed by atoms with van der Waals surface area (Å²) in [5.74, 6) is 1.10. The molecule has 1 saturated heterocycles. The van der Waals surface area contributed by atoms with Gasteiger partial charge < -0.3 is 19.7 Å². The highest BCUT2D eigenvalue weighted by Crippen LogP contribution is 2.36. The number of ether oxygens (including phenoxy) is 2. The molecule has 0 spiro atoms. The van der Waals surface area contributed by atoms with Crippen molar-refractivity contribution >= 4 is 21.8 Å². The average Bonchev–Trinajstić information content (AvgIpc) is 2.64. The van der Waals surface area contributed by atoms with E-state index in [9.17, 15) is 4.79 Å². The minimum atomic E-state index is -0.0848. The summed E-state index contributed by atoms with van der Waals surface area (Å²) in [6.45, 7) is 7.80. The number of benzene rings is 1. The average molecular weight is 427 g/mol. The molecule has 1 aliphatic rings. The number of carbonyl (C=O) groups is 1. The third kappa shape index (κ3) is 5.88. The number of hydrogen-bond acceptors (Lipinski definition) is 4. The number of piperidine rings is 1. The minimum Gasteiger partial charge on any atom is -0.493 e. The van der Waals surface area contributed by atoms with Crippen LogP contribution in [0.15, 0.2) is 16.6 Å². The SMILES string of the molecule is CCOc1c(Br)cc(C(=O)NCCCCN2CCCCC2C)cc1OC. The van der Waals surface area contributed by atoms with E-state index in [1.54, 1.807) is 19.2 Å². The van der Waals surface area contributed by atoms with E-state index >= 15 is 0 Å². The molecule has 1 fully saturated rings. The Kier molecular flexibility index (Phi) is 8.72. The topological polar surface area (TPSA) is 50.8 Å². The predicted molar refractivity (Wildman–Crippen MR) is 108 cm³/mol. The van der Waals surface area contributed by atoms with Gasteiger partial charge in [0.25, 0.3) is 5.91 Å². The molecule has 1 atom stereocenters. The highest BCUT2D eigenvalue weighted by atomic mass is 79.9. The van der Waals surface area contributed by atoms with Gasteiger partial charge in [-0.15, -0.1) is 0 Å². The van der Waals surface area contributed by atoms with Gasteiger partial charge in [0.15, 0.2) is 11.5 Å². The molecule has 2 rings (SSSR count). The lowest BCUT2D eigenvalue weighted by Crippen LogP contribution is -2.38. The van der Waals surface area contributed by atoms with Crippen molar-refractivity contribution in [1.29, 1.82) is 0 Å². The van der Waals surface area contributed by atoms with Crippen molar-refractivity contribution in [1.82, 2.24) is 10.2 Å². The van der Waals surface area contributed by atoms with Crippen molar-refractivity contribution in [2.24, 2.45) is 0 Å². The predicted octanol–water partition coefficient (Wildman–Crippen LogP) is 4.24. The largest absolute Gasteiger partial charge is 0.493 e. The molecule has 0 saturated carbocycles. The fourth-order valence-electron chi connectivity index (χ4n) is 3.37. The Morgan fingerprint density at radius 3 is 2.85 bits per heavy atom. The second-order valence-corrected chi connectivity index (χ2v) is 7.62. The lowest BCUT2D eigenvalue weighted by Gasteiger charge is -2.33. The number of hydrogen-bond donors (Lipinski definition) is 1. The van der Waals surface area contributed by atoms with Crippen LogP contribution in [0.5, 0.6) is 11.5 Å². The van der Waals surface area contributed by atoms with Crippen LogP contribution >= 0.6 is 15.9 Å². The number of nitrogens with one attached hydrogen (secondary N) is 1. The van der Waals surface area contributed by atoms with Gasteiger partial charge in [-0.3, -0.25) is 4.79 Å². The molecule has 26 heavy (non-hydrogen) atoms. The number of carbonyl (C=O) groups excluding carboxylic acids is 1. The van der Waals surface area contributed by atoms with Gasteiger partial charge in [0.2, 0.25) is 0 Å². The van der Waals surface area contributed by atoms with E-state index in [0.717, 1.165) is 23.9 Å². The number of methoxy groups -OCH3 is 1. The lowest BCUT2D eigenvalue weighted by molar-refractivity contribution is 0.0951. The lowest BCUT2D eigenvalue weighted by atomic mass is 10.0. The van der Waals surface area contributed by atoms with Crippen molar-refractivity contribution in [3.8, 4) is 11.5 Å². The van der Waals surface area contributed by atoms with E-state index in [1.165, 1.54) is 25.8 Å². The Morgan fingerprint density at radius 2 is 2.15 bits per heavy atom. The van der Waals surface area contributed by atoms with E-state index in [-0.39, 0.29) is 5.91 Å². The molecule has 0 aliphatic carbocycles. The number of nitrogens with zero attached hydrogens (tertiary/aromatic N) is 1. The Balaban J connectivity index is 1.79. The van der Waals surface area contributed by atoms with Gasteiger partial charge in [-0.2, -0.15) is 0 Å². The van der Waals surface area contributed by atoms with Crippen molar-refractivity contribution in [3.05, 3.63) is 22.2 Å². The summed E-state index contributed by atoms with van der Waals surface area (Å²) < 4.78 is 11.6. The normalized spacial score (nSPS) is 17.8. The number of rotatable bonds is 9. The third-order valence-corrected chi connectivity index (χ3v) is 5.47. The molecule has 1 heterocycles. The van der Waals surface area contributed by atoms with Crippen molar-refractivity contribution in [2.45, 2.75) is 52.0 Å². The highest BCUT2D eigenvalue weighted by Gasteiger charge is 2.17. The molecule has 1 unspecified atom stereocenters. The zero-order chi connectivity index (χ0) is 18.9. The first-order chi connectivity index (χ1) is 12.6. The van der Waals surface area contributed by atoms with Crippen LogP contribution in [0, 0.1) is 0 Å². The second-order valence-electron chi connectivity index (χ2n) is 6.77. The zero-order valence-corrected chi connectivity index (χ0v) is 17.7. The fraction of sp³-hybridized carbons (Fsp3) is 0.650. The van der Waals surface area contributed by atoms with E-state index in [2.05, 4.69) is 33.1 Å². The molecule has 0 radical (unpaired) electrons. The van der Waals surface area contributed by atoms with Gasteiger partial charge in [0.1, 0.15) is 0 Å². The first-order valence-corrected chi connectivity index (χ1v) is 10.4. The van der Waals surface area contributed by atoms with Gasteiger partial charge in [-0.05, 0) is 80.7 Å². The van der Waals surface area contributed by atoms with E-state index in [4.69, 9.17) is 9.47 Å². The number of likely N-dealkylation sites (tertiary alicyclic amines) is 1. The molecule has 1 aromatic carbocycles. The van der Waals surface area contributed by atoms with Crippen LogP contribution in [-0.4, -0.2) is 50.2 Å². The Morgan fingerprint density at radius 1 is 1.35 bits per heavy atom. The van der Waals surface area contributed by atoms with Crippen LogP contribution in [0.1, 0.15) is 56.3 Å². The molecular formula is C20H31BrN2O3. The van der Waals surface area contributed by atoms with Gasteiger partial charge in [-0.25, -0.2) is 0 Å². The summed E-state index contributed by atoms with van der Waals surface area (Å²) in [6.07, 6.45) is 6.08. The Labute approximate surface area is 165 Å². The first kappa shape index (κ1) is 21.0. The summed E-state index contributed by atoms with van der Waals surface area (Å²) in [5.41, 5.74) is 0.571. The van der Waals surface area contributed by atoms with Gasteiger partial charge >= 0.3 is 0 Å². The zero-order valence-electron chi connectivity index (χ0n) is 16.1. The summed E-state index contributed by atoms with van der Waals surface area (Å²) in [5, 5.41) is 3.00. The molecule has 1 amide bonds. The standard InChI is InChI=1S/C20H31BrN2O3/c1-4-26-19-17(21)13-16(14-18(19)25-3)20(24)22-10-6-8-12-23-11-7-5-9-15(23)2/h13-15H,4-12H2,1-3H3,(H,22,24). The van der Waals surface area contributed by atoms with Crippen LogP contribution in [0.2, 0.25) is 0 Å². The molecule has 1 aromatic rings. The summed E-state index contributed by atoms with van der Waals surface area (Å²) in [7, 11) is 1.58. The minimum absolute atomic E-state index is 0.0848. The molecule has 1 aliphatic heterocycles. The monoisotopic (exact) mass is 426 g/mol. The third-order valence-electron chi connectivity index (χ3n) is 4.88. The maximum Gasteiger partial charge on any atom is 0.251 e. The Hall–Kier alpha value is -1.27. The van der Waals surface area contributed by atoms with E-state index in [1.807, 2.05) is 6.92 Å². The van der Waals surface area contributed by atoms with Crippen molar-refractivity contribution in [3.63, 3.8) is 0 Å². The number of amides is 1. The first-order valence-electron chi connectivity index (χ1n) is 9.59. The quantitative estimate of drug-likeness (QED) is 0.599. The van der Waals surface area contributed by atoms with E-state index < -0.39 is 0 Å². The van der Waals surface area contributed by atoms with Gasteiger partial charge in [0, 0.05) is 18.2 Å². The van der Waals surface area contributed by atoms with Crippen LogP contribution in [-0.2, 0) is 0 Å². The Bertz CT molecular complexity index is 595. The maximum absolute atomic E-state index is 12.4. The molecular weight excluding hydrogens is 396 g/mol. The van der Waals surface area contributed by atoms with Crippen LogP contribution in [0.3, 0.4) is 0 Å². The van der Waals surface area contributed by atoms with Gasteiger partial charge in [0.05, 0.1) is 18.2 Å². The van der Waals surface area contributed by atoms with E-state index in [0.29, 0.717) is 36.3 Å². The summed E-state index contributed by atoms with van der Waals surface area (Å²) >= 11 is 3.46. The van der Waals surface area contributed by atoms with Crippen LogP contribution in [0.25, 0.3) is 0 Å². The smallest absolute Gasteiger partial charge is 0.251 e. The summed E-state index contributed by atoms with van der Waals surface area (Å²) in [6, 6.07) is 4.20. The highest BCUT2D eigenvalue weighted by molar-refractivity contribution is 9.10. The van der Waals surface area contributed by atoms with Crippen molar-refractivity contribution < 1.29 is 14.3 Å². The van der Waals surface area contributed by atoms with Gasteiger partial charge in [-0.1, -0.05) is 6.42 Å². The molecule has 0 aromatic heterocycles. The molecule has 5 nitrogen and oxygen atoms in total. The molecule has 146 valence electrons. The van der Waals surface area contributed by atoms with Crippen LogP contribution < -0.4 is 14.8 Å². The summed E-state index contributed by atoms with van der Waals surface area (Å²) in [4.78, 5) is 15.0. The second kappa shape index (κ2) is 10.8. The van der Waals surface area contributed by atoms with Crippen molar-refractivity contribution in [2.75, 3.05) is 33.4 Å². The number of halogens is 1. The molecule has 1 N–H and O–H groups in total. The molecule has 0 bridgehead atoms. The molecule has 6 heteroatoms. The maximum atomic E-state index is 12.4. The van der Waals surface area contributed by atoms with Crippen LogP contribution in [0.4, 0.5) is 0 Å².